The summed E-state index contributed by atoms with van der Waals surface area (Å²) in [7, 11) is 0. The molecule has 4 heteroatoms. The maximum Gasteiger partial charge on any atom is 0.235 e. The molecule has 0 fully saturated rings. The third kappa shape index (κ3) is 5.07. The Bertz CT molecular complexity index is 291. The van der Waals surface area contributed by atoms with E-state index in [2.05, 4.69) is 11.2 Å². The minimum Gasteiger partial charge on any atom is -0.395 e. The van der Waals surface area contributed by atoms with E-state index >= 15 is 0 Å². The van der Waals surface area contributed by atoms with Gasteiger partial charge in [0.1, 0.15) is 5.54 Å². The van der Waals surface area contributed by atoms with E-state index in [1.165, 1.54) is 0 Å². The molecule has 0 aromatic carbocycles. The summed E-state index contributed by atoms with van der Waals surface area (Å²) < 4.78 is 0. The van der Waals surface area contributed by atoms with Crippen molar-refractivity contribution in [1.29, 1.82) is 0 Å². The predicted molar refractivity (Wildman–Crippen MR) is 74.1 cm³/mol. The molecule has 0 bridgehead atoms. The van der Waals surface area contributed by atoms with Crippen LogP contribution >= 0.6 is 0 Å². The second-order valence-electron chi connectivity index (χ2n) is 4.77. The van der Waals surface area contributed by atoms with Crippen LogP contribution in [0.15, 0.2) is 0 Å². The van der Waals surface area contributed by atoms with Crippen LogP contribution in [0.5, 0.6) is 0 Å². The molecule has 0 aliphatic heterocycles. The quantitative estimate of drug-likeness (QED) is 0.635. The van der Waals surface area contributed by atoms with E-state index in [9.17, 15) is 4.79 Å². The summed E-state index contributed by atoms with van der Waals surface area (Å²) in [6.07, 6.45) is 6.94. The topological polar surface area (TPSA) is 52.6 Å². The summed E-state index contributed by atoms with van der Waals surface area (Å²) in [4.78, 5) is 13.9. The Morgan fingerprint density at radius 1 is 1.44 bits per heavy atom. The van der Waals surface area contributed by atoms with Crippen LogP contribution in [0.2, 0.25) is 0 Å². The van der Waals surface area contributed by atoms with E-state index in [0.717, 1.165) is 0 Å². The largest absolute Gasteiger partial charge is 0.395 e. The highest BCUT2D eigenvalue weighted by Gasteiger charge is 2.26. The molecule has 0 saturated carbocycles. The second kappa shape index (κ2) is 8.12. The Labute approximate surface area is 111 Å². The molecule has 104 valence electrons. The van der Waals surface area contributed by atoms with Crippen molar-refractivity contribution in [3.63, 3.8) is 0 Å². The molecule has 0 unspecified atom stereocenters. The Kier molecular flexibility index (Phi) is 7.65. The number of nitrogens with one attached hydrogen (secondary N) is 1. The maximum absolute atomic E-state index is 12.0. The van der Waals surface area contributed by atoms with Gasteiger partial charge in [-0.2, -0.15) is 0 Å². The van der Waals surface area contributed by atoms with Gasteiger partial charge < -0.3 is 10.4 Å². The van der Waals surface area contributed by atoms with E-state index in [1.54, 1.807) is 0 Å². The smallest absolute Gasteiger partial charge is 0.235 e. The first-order valence-electron chi connectivity index (χ1n) is 6.58. The van der Waals surface area contributed by atoms with Crippen LogP contribution in [-0.2, 0) is 4.79 Å². The zero-order chi connectivity index (χ0) is 14.2. The van der Waals surface area contributed by atoms with Gasteiger partial charge in [0, 0.05) is 12.6 Å². The van der Waals surface area contributed by atoms with Gasteiger partial charge in [-0.3, -0.25) is 9.69 Å². The number of carbonyl (C=O) groups is 1. The SMILES string of the molecule is C#CC(CC)(CC)NC(=O)CN(CCO)C(C)C. The van der Waals surface area contributed by atoms with E-state index in [4.69, 9.17) is 11.5 Å². The van der Waals surface area contributed by atoms with Gasteiger partial charge >= 0.3 is 0 Å². The molecule has 0 heterocycles. The van der Waals surface area contributed by atoms with Crippen LogP contribution in [0, 0.1) is 12.3 Å². The highest BCUT2D eigenvalue weighted by molar-refractivity contribution is 5.79. The maximum atomic E-state index is 12.0. The monoisotopic (exact) mass is 254 g/mol. The zero-order valence-electron chi connectivity index (χ0n) is 12.0. The van der Waals surface area contributed by atoms with Gasteiger partial charge in [-0.05, 0) is 26.7 Å². The fourth-order valence-corrected chi connectivity index (χ4v) is 1.81. The highest BCUT2D eigenvalue weighted by atomic mass is 16.3. The highest BCUT2D eigenvalue weighted by Crippen LogP contribution is 2.13. The third-order valence-electron chi connectivity index (χ3n) is 3.33. The number of aliphatic hydroxyl groups is 1. The summed E-state index contributed by atoms with van der Waals surface area (Å²) >= 11 is 0. The van der Waals surface area contributed by atoms with Gasteiger partial charge in [-0.25, -0.2) is 0 Å². The molecule has 1 amide bonds. The van der Waals surface area contributed by atoms with Crippen molar-refractivity contribution in [2.75, 3.05) is 19.7 Å². The molecule has 18 heavy (non-hydrogen) atoms. The average Bonchev–Trinajstić information content (AvgIpc) is 2.35. The van der Waals surface area contributed by atoms with E-state index in [-0.39, 0.29) is 25.1 Å². The summed E-state index contributed by atoms with van der Waals surface area (Å²) in [6.45, 7) is 8.74. The lowest BCUT2D eigenvalue weighted by atomic mass is 9.94. The van der Waals surface area contributed by atoms with Crippen molar-refractivity contribution in [3.8, 4) is 12.3 Å². The lowest BCUT2D eigenvalue weighted by Gasteiger charge is -2.30. The van der Waals surface area contributed by atoms with Crippen LogP contribution < -0.4 is 5.32 Å². The number of amides is 1. The number of hydrogen-bond donors (Lipinski definition) is 2. The van der Waals surface area contributed by atoms with Gasteiger partial charge in [-0.15, -0.1) is 6.42 Å². The van der Waals surface area contributed by atoms with E-state index in [0.29, 0.717) is 19.4 Å². The van der Waals surface area contributed by atoms with Crippen LogP contribution in [0.4, 0.5) is 0 Å². The van der Waals surface area contributed by atoms with Gasteiger partial charge in [-0.1, -0.05) is 19.8 Å². The molecular weight excluding hydrogens is 228 g/mol. The molecule has 0 aliphatic carbocycles. The minimum absolute atomic E-state index is 0.0489. The Morgan fingerprint density at radius 3 is 2.33 bits per heavy atom. The molecule has 0 atom stereocenters. The van der Waals surface area contributed by atoms with Gasteiger partial charge in [0.15, 0.2) is 0 Å². The number of carbonyl (C=O) groups excluding carboxylic acids is 1. The first kappa shape index (κ1) is 16.9. The lowest BCUT2D eigenvalue weighted by Crippen LogP contribution is -2.51. The Balaban J connectivity index is 4.53. The number of hydrogen-bond acceptors (Lipinski definition) is 3. The normalized spacial score (nSPS) is 11.7. The van der Waals surface area contributed by atoms with Crippen molar-refractivity contribution in [3.05, 3.63) is 0 Å². The van der Waals surface area contributed by atoms with Crippen LogP contribution in [0.1, 0.15) is 40.5 Å². The molecule has 0 rings (SSSR count). The van der Waals surface area contributed by atoms with Gasteiger partial charge in [0.25, 0.3) is 0 Å². The zero-order valence-corrected chi connectivity index (χ0v) is 12.0. The first-order valence-corrected chi connectivity index (χ1v) is 6.58. The summed E-state index contributed by atoms with van der Waals surface area (Å²) in [5, 5.41) is 11.9. The Morgan fingerprint density at radius 2 is 2.00 bits per heavy atom. The van der Waals surface area contributed by atoms with Crippen molar-refractivity contribution >= 4 is 5.91 Å². The van der Waals surface area contributed by atoms with Crippen LogP contribution in [-0.4, -0.2) is 47.2 Å². The fraction of sp³-hybridized carbons (Fsp3) is 0.786. The van der Waals surface area contributed by atoms with Crippen molar-refractivity contribution in [2.45, 2.75) is 52.1 Å². The average molecular weight is 254 g/mol. The molecule has 0 spiro atoms. The second-order valence-corrected chi connectivity index (χ2v) is 4.77. The summed E-state index contributed by atoms with van der Waals surface area (Å²) in [5.74, 6) is 2.60. The molecule has 4 nitrogen and oxygen atoms in total. The first-order chi connectivity index (χ1) is 8.44. The van der Waals surface area contributed by atoms with Crippen molar-refractivity contribution < 1.29 is 9.90 Å². The lowest BCUT2D eigenvalue weighted by molar-refractivity contribution is -0.124. The van der Waals surface area contributed by atoms with Crippen LogP contribution in [0.3, 0.4) is 0 Å². The van der Waals surface area contributed by atoms with Crippen molar-refractivity contribution in [2.24, 2.45) is 0 Å². The molecule has 0 aromatic rings. The Hall–Kier alpha value is -1.05. The van der Waals surface area contributed by atoms with E-state index in [1.807, 2.05) is 32.6 Å². The number of rotatable bonds is 8. The molecule has 0 aromatic heterocycles. The molecule has 0 saturated heterocycles. The standard InChI is InChI=1S/C14H26N2O2/c1-6-14(7-2,8-3)15-13(18)11-16(9-10-17)12(4)5/h1,12,17H,7-11H2,2-5H3,(H,15,18). The minimum atomic E-state index is -0.543. The molecule has 2 N–H and O–H groups in total. The van der Waals surface area contributed by atoms with Crippen molar-refractivity contribution in [1.82, 2.24) is 10.2 Å². The van der Waals surface area contributed by atoms with Gasteiger partial charge in [0.2, 0.25) is 5.91 Å². The third-order valence-corrected chi connectivity index (χ3v) is 3.33. The van der Waals surface area contributed by atoms with E-state index < -0.39 is 5.54 Å². The molecular formula is C14H26N2O2. The number of aliphatic hydroxyl groups excluding tert-OH is 1. The molecule has 0 aliphatic rings. The van der Waals surface area contributed by atoms with Gasteiger partial charge in [0.05, 0.1) is 13.2 Å². The predicted octanol–water partition coefficient (Wildman–Crippen LogP) is 0.997. The number of nitrogens with zero attached hydrogens (tertiary/aromatic N) is 1. The fourth-order valence-electron chi connectivity index (χ4n) is 1.81. The summed E-state index contributed by atoms with van der Waals surface area (Å²) in [6, 6.07) is 0.214. The molecule has 0 radical (unpaired) electrons. The summed E-state index contributed by atoms with van der Waals surface area (Å²) in [5.41, 5.74) is -0.543. The number of terminal acetylenes is 1. The van der Waals surface area contributed by atoms with Crippen LogP contribution in [0.25, 0.3) is 0 Å².